The maximum absolute atomic E-state index is 12.2. The molecule has 0 spiro atoms. The molecule has 1 amide bonds. The lowest BCUT2D eigenvalue weighted by molar-refractivity contribution is -0.122. The van der Waals surface area contributed by atoms with Crippen molar-refractivity contribution in [3.8, 4) is 0 Å². The van der Waals surface area contributed by atoms with Crippen LogP contribution in [-0.2, 0) is 4.79 Å². The molecule has 2 aromatic rings. The van der Waals surface area contributed by atoms with Gasteiger partial charge in [0.05, 0.1) is 5.92 Å². The summed E-state index contributed by atoms with van der Waals surface area (Å²) < 4.78 is 0. The van der Waals surface area contributed by atoms with Crippen LogP contribution in [0.1, 0.15) is 31.7 Å². The van der Waals surface area contributed by atoms with E-state index in [-0.39, 0.29) is 11.8 Å². The molecule has 21 heavy (non-hydrogen) atoms. The fraction of sp³-hybridized carbons (Fsp3) is 0.389. The molecule has 3 heteroatoms. The summed E-state index contributed by atoms with van der Waals surface area (Å²) in [5.74, 6) is -0.0376. The van der Waals surface area contributed by atoms with E-state index in [4.69, 9.17) is 0 Å². The molecule has 0 saturated carbocycles. The van der Waals surface area contributed by atoms with Gasteiger partial charge in [-0.3, -0.25) is 4.79 Å². The van der Waals surface area contributed by atoms with Gasteiger partial charge in [-0.15, -0.1) is 0 Å². The van der Waals surface area contributed by atoms with E-state index in [2.05, 4.69) is 41.8 Å². The van der Waals surface area contributed by atoms with E-state index in [0.29, 0.717) is 6.54 Å². The highest BCUT2D eigenvalue weighted by atomic mass is 16.1. The summed E-state index contributed by atoms with van der Waals surface area (Å²) in [6.07, 6.45) is 1.11. The summed E-state index contributed by atoms with van der Waals surface area (Å²) in [7, 11) is 0. The third kappa shape index (κ3) is 4.30. The molecule has 0 aliphatic carbocycles. The lowest BCUT2D eigenvalue weighted by Gasteiger charge is -2.13. The number of nitrogens with one attached hydrogen (secondary N) is 2. The second-order valence-corrected chi connectivity index (χ2v) is 5.37. The SMILES string of the molecule is CCCNCCNC(=O)C(C)c1ccc2ccccc2c1. The second-order valence-electron chi connectivity index (χ2n) is 5.37. The van der Waals surface area contributed by atoms with E-state index in [1.54, 1.807) is 0 Å². The molecule has 0 aliphatic rings. The minimum absolute atomic E-state index is 0.0866. The largest absolute Gasteiger partial charge is 0.354 e. The quantitative estimate of drug-likeness (QED) is 0.767. The van der Waals surface area contributed by atoms with Gasteiger partial charge < -0.3 is 10.6 Å². The Morgan fingerprint density at radius 2 is 1.81 bits per heavy atom. The lowest BCUT2D eigenvalue weighted by Crippen LogP contribution is -2.34. The molecule has 0 heterocycles. The Bertz CT molecular complexity index is 595. The van der Waals surface area contributed by atoms with Crippen molar-refractivity contribution in [1.82, 2.24) is 10.6 Å². The molecule has 0 aliphatic heterocycles. The van der Waals surface area contributed by atoms with Gasteiger partial charge >= 0.3 is 0 Å². The Labute approximate surface area is 126 Å². The van der Waals surface area contributed by atoms with Gasteiger partial charge in [0.15, 0.2) is 0 Å². The maximum Gasteiger partial charge on any atom is 0.227 e. The first kappa shape index (κ1) is 15.5. The van der Waals surface area contributed by atoms with E-state index in [0.717, 1.165) is 25.1 Å². The van der Waals surface area contributed by atoms with Crippen LogP contribution in [0.3, 0.4) is 0 Å². The molecule has 0 bridgehead atoms. The van der Waals surface area contributed by atoms with Gasteiger partial charge in [-0.05, 0) is 36.2 Å². The van der Waals surface area contributed by atoms with E-state index in [9.17, 15) is 4.79 Å². The highest BCUT2D eigenvalue weighted by molar-refractivity contribution is 5.87. The first-order chi connectivity index (χ1) is 10.2. The van der Waals surface area contributed by atoms with E-state index in [1.807, 2.05) is 25.1 Å². The molecular formula is C18H24N2O. The van der Waals surface area contributed by atoms with Gasteiger partial charge in [-0.1, -0.05) is 49.4 Å². The Morgan fingerprint density at radius 3 is 2.57 bits per heavy atom. The Morgan fingerprint density at radius 1 is 1.05 bits per heavy atom. The number of hydrogen-bond donors (Lipinski definition) is 2. The van der Waals surface area contributed by atoms with Crippen molar-refractivity contribution in [2.24, 2.45) is 0 Å². The van der Waals surface area contributed by atoms with Crippen LogP contribution in [0.15, 0.2) is 42.5 Å². The molecule has 0 aromatic heterocycles. The van der Waals surface area contributed by atoms with E-state index >= 15 is 0 Å². The van der Waals surface area contributed by atoms with Gasteiger partial charge in [-0.2, -0.15) is 0 Å². The molecular weight excluding hydrogens is 260 g/mol. The fourth-order valence-electron chi connectivity index (χ4n) is 2.36. The standard InChI is InChI=1S/C18H24N2O/c1-3-10-19-11-12-20-18(21)14(2)16-9-8-15-6-4-5-7-17(15)13-16/h4-9,13-14,19H,3,10-12H2,1-2H3,(H,20,21). The Balaban J connectivity index is 1.94. The predicted octanol–water partition coefficient (Wildman–Crippen LogP) is 3.06. The number of carbonyl (C=O) groups is 1. The highest BCUT2D eigenvalue weighted by Gasteiger charge is 2.14. The van der Waals surface area contributed by atoms with Crippen LogP contribution < -0.4 is 10.6 Å². The summed E-state index contributed by atoms with van der Waals surface area (Å²) in [6.45, 7) is 6.59. The van der Waals surface area contributed by atoms with Gasteiger partial charge in [0.2, 0.25) is 5.91 Å². The molecule has 2 N–H and O–H groups in total. The number of carbonyl (C=O) groups excluding carboxylic acids is 1. The molecule has 1 unspecified atom stereocenters. The van der Waals surface area contributed by atoms with Crippen molar-refractivity contribution in [3.05, 3.63) is 48.0 Å². The smallest absolute Gasteiger partial charge is 0.227 e. The van der Waals surface area contributed by atoms with Crippen LogP contribution >= 0.6 is 0 Å². The Hall–Kier alpha value is -1.87. The zero-order valence-electron chi connectivity index (χ0n) is 12.9. The molecule has 112 valence electrons. The van der Waals surface area contributed by atoms with Crippen molar-refractivity contribution in [1.29, 1.82) is 0 Å². The monoisotopic (exact) mass is 284 g/mol. The van der Waals surface area contributed by atoms with Crippen LogP contribution in [0.5, 0.6) is 0 Å². The molecule has 1 atom stereocenters. The Kier molecular flexibility index (Phi) is 5.76. The fourth-order valence-corrected chi connectivity index (χ4v) is 2.36. The van der Waals surface area contributed by atoms with Crippen LogP contribution in [-0.4, -0.2) is 25.5 Å². The minimum atomic E-state index is -0.124. The number of benzene rings is 2. The van der Waals surface area contributed by atoms with Crippen molar-refractivity contribution < 1.29 is 4.79 Å². The van der Waals surface area contributed by atoms with E-state index < -0.39 is 0 Å². The van der Waals surface area contributed by atoms with Gasteiger partial charge in [0.25, 0.3) is 0 Å². The third-order valence-electron chi connectivity index (χ3n) is 3.69. The molecule has 3 nitrogen and oxygen atoms in total. The molecule has 0 radical (unpaired) electrons. The molecule has 0 fully saturated rings. The third-order valence-corrected chi connectivity index (χ3v) is 3.69. The van der Waals surface area contributed by atoms with Crippen LogP contribution in [0, 0.1) is 0 Å². The van der Waals surface area contributed by atoms with Gasteiger partial charge in [0.1, 0.15) is 0 Å². The van der Waals surface area contributed by atoms with Crippen LogP contribution in [0.25, 0.3) is 10.8 Å². The molecule has 0 saturated heterocycles. The summed E-state index contributed by atoms with van der Waals surface area (Å²) in [6, 6.07) is 14.5. The first-order valence-electron chi connectivity index (χ1n) is 7.69. The zero-order valence-corrected chi connectivity index (χ0v) is 12.9. The molecule has 2 rings (SSSR count). The highest BCUT2D eigenvalue weighted by Crippen LogP contribution is 2.21. The average molecular weight is 284 g/mol. The molecule has 2 aromatic carbocycles. The maximum atomic E-state index is 12.2. The number of amides is 1. The number of rotatable bonds is 7. The van der Waals surface area contributed by atoms with Gasteiger partial charge in [0, 0.05) is 13.1 Å². The van der Waals surface area contributed by atoms with Crippen molar-refractivity contribution >= 4 is 16.7 Å². The van der Waals surface area contributed by atoms with Crippen molar-refractivity contribution in [2.75, 3.05) is 19.6 Å². The first-order valence-corrected chi connectivity index (χ1v) is 7.69. The van der Waals surface area contributed by atoms with Crippen molar-refractivity contribution in [3.63, 3.8) is 0 Å². The summed E-state index contributed by atoms with van der Waals surface area (Å²) in [5, 5.41) is 8.65. The number of fused-ring (bicyclic) bond motifs is 1. The second kappa shape index (κ2) is 7.79. The minimum Gasteiger partial charge on any atom is -0.354 e. The van der Waals surface area contributed by atoms with Crippen LogP contribution in [0.4, 0.5) is 0 Å². The lowest BCUT2D eigenvalue weighted by atomic mass is 9.97. The topological polar surface area (TPSA) is 41.1 Å². The predicted molar refractivity (Wildman–Crippen MR) is 88.5 cm³/mol. The van der Waals surface area contributed by atoms with E-state index in [1.165, 1.54) is 10.8 Å². The van der Waals surface area contributed by atoms with Crippen molar-refractivity contribution in [2.45, 2.75) is 26.2 Å². The average Bonchev–Trinajstić information content (AvgIpc) is 2.53. The summed E-state index contributed by atoms with van der Waals surface area (Å²) in [5.41, 5.74) is 1.06. The van der Waals surface area contributed by atoms with Crippen LogP contribution in [0.2, 0.25) is 0 Å². The normalized spacial score (nSPS) is 12.3. The summed E-state index contributed by atoms with van der Waals surface area (Å²) >= 11 is 0. The summed E-state index contributed by atoms with van der Waals surface area (Å²) in [4.78, 5) is 12.2. The van der Waals surface area contributed by atoms with Gasteiger partial charge in [-0.25, -0.2) is 0 Å². The zero-order chi connectivity index (χ0) is 15.1. The number of hydrogen-bond acceptors (Lipinski definition) is 2.